The predicted molar refractivity (Wildman–Crippen MR) is 140 cm³/mol. The van der Waals surface area contributed by atoms with Crippen LogP contribution in [0.15, 0.2) is 48.7 Å². The number of aromatic nitrogens is 5. The molecule has 1 aliphatic rings. The van der Waals surface area contributed by atoms with Gasteiger partial charge in [-0.3, -0.25) is 24.1 Å². The summed E-state index contributed by atoms with van der Waals surface area (Å²) in [5.74, 6) is -1.18. The summed E-state index contributed by atoms with van der Waals surface area (Å²) in [5, 5.41) is 21.6. The van der Waals surface area contributed by atoms with Crippen LogP contribution in [0.3, 0.4) is 0 Å². The average Bonchev–Trinajstić information content (AvgIpc) is 3.61. The minimum absolute atomic E-state index is 0.0354. The quantitative estimate of drug-likeness (QED) is 0.268. The van der Waals surface area contributed by atoms with E-state index in [0.717, 1.165) is 11.1 Å². The van der Waals surface area contributed by atoms with Gasteiger partial charge in [0.2, 0.25) is 23.6 Å². The molecule has 3 atom stereocenters. The van der Waals surface area contributed by atoms with E-state index in [1.165, 1.54) is 4.90 Å². The number of hydrogen-bond donors (Lipinski definition) is 4. The van der Waals surface area contributed by atoms with Gasteiger partial charge in [0.05, 0.1) is 19.5 Å². The molecule has 1 aliphatic heterocycles. The molecule has 0 aliphatic carbocycles. The summed E-state index contributed by atoms with van der Waals surface area (Å²) in [6.45, 7) is 3.45. The van der Waals surface area contributed by atoms with Crippen molar-refractivity contribution in [3.05, 3.63) is 65.6 Å². The molecule has 0 saturated heterocycles. The van der Waals surface area contributed by atoms with Crippen LogP contribution in [0.25, 0.3) is 0 Å². The molecular formula is C26H31N9O4. The lowest BCUT2D eigenvalue weighted by Crippen LogP contribution is -2.54. The lowest BCUT2D eigenvalue weighted by atomic mass is 9.98. The second-order valence-electron chi connectivity index (χ2n) is 9.33. The van der Waals surface area contributed by atoms with Crippen LogP contribution in [0.4, 0.5) is 5.82 Å². The fourth-order valence-corrected chi connectivity index (χ4v) is 4.36. The molecule has 4 amide bonds. The predicted octanol–water partition coefficient (Wildman–Crippen LogP) is 0.0586. The first-order valence-electron chi connectivity index (χ1n) is 12.7. The number of carbonyl (C=O) groups is 4. The number of nitrogens with one attached hydrogen (secondary N) is 4. The molecule has 3 aromatic rings. The number of carbonyl (C=O) groups excluding carboxylic acids is 4. The van der Waals surface area contributed by atoms with Crippen molar-refractivity contribution in [2.24, 2.45) is 5.92 Å². The number of nitrogens with zero attached hydrogens (tertiary/aromatic N) is 5. The highest BCUT2D eigenvalue weighted by Crippen LogP contribution is 2.30. The van der Waals surface area contributed by atoms with Crippen molar-refractivity contribution in [2.75, 3.05) is 11.4 Å². The molecule has 204 valence electrons. The van der Waals surface area contributed by atoms with E-state index < -0.39 is 29.8 Å². The Hall–Kier alpha value is -4.68. The van der Waals surface area contributed by atoms with Crippen LogP contribution in [0.1, 0.15) is 37.2 Å². The molecule has 0 saturated carbocycles. The summed E-state index contributed by atoms with van der Waals surface area (Å²) in [6, 6.07) is 11.1. The highest BCUT2D eigenvalue weighted by molar-refractivity contribution is 6.04. The average molecular weight is 534 g/mol. The monoisotopic (exact) mass is 533 g/mol. The Labute approximate surface area is 225 Å². The molecule has 3 heterocycles. The van der Waals surface area contributed by atoms with Crippen LogP contribution >= 0.6 is 0 Å². The van der Waals surface area contributed by atoms with Gasteiger partial charge in [0.25, 0.3) is 0 Å². The minimum Gasteiger partial charge on any atom is -0.347 e. The summed E-state index contributed by atoms with van der Waals surface area (Å²) in [6.07, 6.45) is 2.59. The summed E-state index contributed by atoms with van der Waals surface area (Å²) >= 11 is 0. The van der Waals surface area contributed by atoms with E-state index in [2.05, 4.69) is 41.6 Å². The molecule has 39 heavy (non-hydrogen) atoms. The maximum absolute atomic E-state index is 13.3. The van der Waals surface area contributed by atoms with Crippen molar-refractivity contribution >= 4 is 29.4 Å². The van der Waals surface area contributed by atoms with Crippen molar-refractivity contribution in [2.45, 2.75) is 51.7 Å². The number of benzene rings is 1. The first-order chi connectivity index (χ1) is 18.9. The fourth-order valence-electron chi connectivity index (χ4n) is 4.36. The van der Waals surface area contributed by atoms with E-state index in [9.17, 15) is 19.2 Å². The lowest BCUT2D eigenvalue weighted by molar-refractivity contribution is -0.131. The van der Waals surface area contributed by atoms with Gasteiger partial charge in [-0.2, -0.15) is 5.21 Å². The number of anilines is 1. The summed E-state index contributed by atoms with van der Waals surface area (Å²) in [4.78, 5) is 57.8. The largest absolute Gasteiger partial charge is 0.347 e. The number of hydrogen-bond acceptors (Lipinski definition) is 8. The number of tetrazole rings is 1. The molecule has 13 nitrogen and oxygen atoms in total. The Morgan fingerprint density at radius 1 is 1.10 bits per heavy atom. The van der Waals surface area contributed by atoms with E-state index >= 15 is 0 Å². The molecule has 0 fully saturated rings. The van der Waals surface area contributed by atoms with Gasteiger partial charge < -0.3 is 16.0 Å². The van der Waals surface area contributed by atoms with Crippen LogP contribution in [0.2, 0.25) is 0 Å². The molecule has 0 bridgehead atoms. The minimum atomic E-state index is -0.859. The Kier molecular flexibility index (Phi) is 8.92. The van der Waals surface area contributed by atoms with E-state index in [1.54, 1.807) is 18.3 Å². The third-order valence-corrected chi connectivity index (χ3v) is 6.64. The summed E-state index contributed by atoms with van der Waals surface area (Å²) in [5.41, 5.74) is 1.57. The Morgan fingerprint density at radius 2 is 1.90 bits per heavy atom. The molecule has 4 N–H and O–H groups in total. The molecule has 13 heteroatoms. The second-order valence-corrected chi connectivity index (χ2v) is 9.33. The first kappa shape index (κ1) is 27.4. The van der Waals surface area contributed by atoms with Gasteiger partial charge in [-0.1, -0.05) is 61.9 Å². The van der Waals surface area contributed by atoms with Crippen molar-refractivity contribution in [3.8, 4) is 0 Å². The van der Waals surface area contributed by atoms with E-state index in [4.69, 9.17) is 0 Å². The highest BCUT2D eigenvalue weighted by atomic mass is 16.2. The zero-order chi connectivity index (χ0) is 27.8. The molecule has 0 radical (unpaired) electrons. The van der Waals surface area contributed by atoms with Crippen LogP contribution in [0.5, 0.6) is 0 Å². The zero-order valence-corrected chi connectivity index (χ0v) is 21.8. The van der Waals surface area contributed by atoms with Gasteiger partial charge in [0.15, 0.2) is 5.82 Å². The van der Waals surface area contributed by atoms with Gasteiger partial charge in [-0.15, -0.1) is 10.2 Å². The van der Waals surface area contributed by atoms with Crippen LogP contribution in [-0.2, 0) is 38.6 Å². The second kappa shape index (κ2) is 12.7. The van der Waals surface area contributed by atoms with Gasteiger partial charge in [-0.25, -0.2) is 4.98 Å². The number of H-pyrrole nitrogens is 1. The Morgan fingerprint density at radius 3 is 2.62 bits per heavy atom. The SMILES string of the molecule is CC[C@H](C)[C@H](NC(=O)Cc1ccccc1)C(=O)NCC(=O)N1c2ncccc2CC1C(=O)NCc1nn[nH]n1. The van der Waals surface area contributed by atoms with Crippen molar-refractivity contribution in [1.82, 2.24) is 41.6 Å². The molecule has 0 spiro atoms. The maximum Gasteiger partial charge on any atom is 0.248 e. The zero-order valence-electron chi connectivity index (χ0n) is 21.8. The fraction of sp³-hybridized carbons (Fsp3) is 0.385. The molecule has 1 unspecified atom stereocenters. The van der Waals surface area contributed by atoms with Crippen LogP contribution in [-0.4, -0.2) is 67.9 Å². The van der Waals surface area contributed by atoms with Crippen LogP contribution in [0, 0.1) is 5.92 Å². The summed E-state index contributed by atoms with van der Waals surface area (Å²) < 4.78 is 0. The smallest absolute Gasteiger partial charge is 0.248 e. The van der Waals surface area contributed by atoms with Crippen LogP contribution < -0.4 is 20.9 Å². The van der Waals surface area contributed by atoms with Crippen molar-refractivity contribution in [3.63, 3.8) is 0 Å². The number of aromatic amines is 1. The van der Waals surface area contributed by atoms with Gasteiger partial charge in [0, 0.05) is 12.6 Å². The highest BCUT2D eigenvalue weighted by Gasteiger charge is 2.39. The molecule has 4 rings (SSSR count). The van der Waals surface area contributed by atoms with Crippen molar-refractivity contribution in [1.29, 1.82) is 0 Å². The third kappa shape index (κ3) is 6.80. The van der Waals surface area contributed by atoms with E-state index in [-0.39, 0.29) is 37.8 Å². The summed E-state index contributed by atoms with van der Waals surface area (Å²) in [7, 11) is 0. The normalized spacial score (nSPS) is 15.6. The van der Waals surface area contributed by atoms with Gasteiger partial charge in [-0.05, 0) is 23.1 Å². The van der Waals surface area contributed by atoms with Gasteiger partial charge in [0.1, 0.15) is 17.9 Å². The third-order valence-electron chi connectivity index (χ3n) is 6.64. The standard InChI is InChI=1S/C26H31N9O4/c1-3-16(2)23(30-21(36)12-17-8-5-4-6-9-17)26(39)29-15-22(37)35-19(13-18-10-7-11-27-24(18)35)25(38)28-14-20-31-33-34-32-20/h4-11,16,19,23H,3,12-15H2,1-2H3,(H,28,38)(H,29,39)(H,30,36)(H,31,32,33,34)/t16-,19?,23-/m0/s1. The Bertz CT molecular complexity index is 1300. The first-order valence-corrected chi connectivity index (χ1v) is 12.7. The topological polar surface area (TPSA) is 175 Å². The number of pyridine rings is 1. The lowest BCUT2D eigenvalue weighted by Gasteiger charge is -2.26. The Balaban J connectivity index is 1.41. The maximum atomic E-state index is 13.3. The molecule has 2 aromatic heterocycles. The van der Waals surface area contributed by atoms with Gasteiger partial charge >= 0.3 is 0 Å². The molecular weight excluding hydrogens is 502 g/mol. The van der Waals surface area contributed by atoms with E-state index in [0.29, 0.717) is 18.1 Å². The number of fused-ring (bicyclic) bond motifs is 1. The van der Waals surface area contributed by atoms with Crippen molar-refractivity contribution < 1.29 is 19.2 Å². The number of rotatable bonds is 11. The number of amides is 4. The van der Waals surface area contributed by atoms with E-state index in [1.807, 2.05) is 44.2 Å². The molecule has 1 aromatic carbocycles.